The van der Waals surface area contributed by atoms with Crippen molar-refractivity contribution in [1.82, 2.24) is 0 Å². The first kappa shape index (κ1) is 15.2. The van der Waals surface area contributed by atoms with Gasteiger partial charge in [0.15, 0.2) is 0 Å². The lowest BCUT2D eigenvalue weighted by Gasteiger charge is -2.24. The van der Waals surface area contributed by atoms with E-state index in [9.17, 15) is 10.2 Å². The largest absolute Gasteiger partial charge is 0.507 e. The highest BCUT2D eigenvalue weighted by Crippen LogP contribution is 2.31. The Balaban J connectivity index is 2.10. The van der Waals surface area contributed by atoms with Gasteiger partial charge in [0, 0.05) is 30.4 Å². The van der Waals surface area contributed by atoms with Gasteiger partial charge in [-0.1, -0.05) is 19.9 Å². The average molecular weight is 277 g/mol. The van der Waals surface area contributed by atoms with Gasteiger partial charge >= 0.3 is 0 Å². The zero-order valence-corrected chi connectivity index (χ0v) is 12.8. The molecule has 3 heteroatoms. The minimum absolute atomic E-state index is 0.196. The molecular formula is C17H27NO2. The fraction of sp³-hybridized carbons (Fsp3) is 0.647. The van der Waals surface area contributed by atoms with Crippen molar-refractivity contribution in [2.75, 3.05) is 18.0 Å². The second kappa shape index (κ2) is 6.49. The van der Waals surface area contributed by atoms with Crippen molar-refractivity contribution in [3.8, 4) is 5.75 Å². The van der Waals surface area contributed by atoms with Crippen LogP contribution in [0, 0.1) is 11.8 Å². The van der Waals surface area contributed by atoms with Crippen molar-refractivity contribution in [3.63, 3.8) is 0 Å². The summed E-state index contributed by atoms with van der Waals surface area (Å²) in [4.78, 5) is 2.36. The predicted octanol–water partition coefficient (Wildman–Crippen LogP) is 3.71. The molecule has 1 aromatic rings. The van der Waals surface area contributed by atoms with Crippen LogP contribution in [0.2, 0.25) is 0 Å². The van der Waals surface area contributed by atoms with E-state index in [-0.39, 0.29) is 5.75 Å². The summed E-state index contributed by atoms with van der Waals surface area (Å²) in [6.45, 7) is 8.40. The molecule has 0 saturated carbocycles. The third kappa shape index (κ3) is 3.45. The number of aliphatic hydroxyl groups is 1. The number of hydrogen-bond donors (Lipinski definition) is 2. The van der Waals surface area contributed by atoms with Crippen molar-refractivity contribution >= 4 is 5.69 Å². The molecule has 1 heterocycles. The Labute approximate surface area is 122 Å². The molecule has 2 unspecified atom stereocenters. The number of aromatic hydroxyl groups is 1. The zero-order chi connectivity index (χ0) is 14.7. The third-order valence-electron chi connectivity index (χ3n) is 4.54. The van der Waals surface area contributed by atoms with E-state index in [0.29, 0.717) is 5.56 Å². The first-order valence-electron chi connectivity index (χ1n) is 7.75. The maximum absolute atomic E-state index is 10.0. The van der Waals surface area contributed by atoms with Crippen LogP contribution in [0.3, 0.4) is 0 Å². The summed E-state index contributed by atoms with van der Waals surface area (Å²) in [5.74, 6) is 1.76. The lowest BCUT2D eigenvalue weighted by Crippen LogP contribution is -2.24. The summed E-state index contributed by atoms with van der Waals surface area (Å²) >= 11 is 0. The van der Waals surface area contributed by atoms with Gasteiger partial charge in [-0.25, -0.2) is 0 Å². The molecule has 0 bridgehead atoms. The second-order valence-electron chi connectivity index (χ2n) is 6.34. The fourth-order valence-electron chi connectivity index (χ4n) is 3.13. The quantitative estimate of drug-likeness (QED) is 0.885. The Hall–Kier alpha value is -1.22. The smallest absolute Gasteiger partial charge is 0.123 e. The molecule has 0 spiro atoms. The molecule has 0 aromatic heterocycles. The molecule has 1 aromatic carbocycles. The van der Waals surface area contributed by atoms with Crippen molar-refractivity contribution < 1.29 is 10.2 Å². The average Bonchev–Trinajstić information content (AvgIpc) is 2.63. The fourth-order valence-corrected chi connectivity index (χ4v) is 3.13. The Kier molecular flexibility index (Phi) is 4.92. The van der Waals surface area contributed by atoms with E-state index in [0.717, 1.165) is 30.6 Å². The molecule has 0 amide bonds. The molecule has 1 saturated heterocycles. The maximum atomic E-state index is 10.0. The highest BCUT2D eigenvalue weighted by atomic mass is 16.3. The van der Waals surface area contributed by atoms with Crippen molar-refractivity contribution in [1.29, 1.82) is 0 Å². The lowest BCUT2D eigenvalue weighted by atomic mass is 9.89. The molecule has 1 aliphatic rings. The molecule has 112 valence electrons. The van der Waals surface area contributed by atoms with E-state index in [1.807, 2.05) is 12.1 Å². The lowest BCUT2D eigenvalue weighted by molar-refractivity contribution is 0.195. The monoisotopic (exact) mass is 277 g/mol. The van der Waals surface area contributed by atoms with Gasteiger partial charge in [-0.3, -0.25) is 0 Å². The van der Waals surface area contributed by atoms with Crippen LogP contribution in [0.5, 0.6) is 5.75 Å². The van der Waals surface area contributed by atoms with Gasteiger partial charge in [0.1, 0.15) is 5.75 Å². The molecule has 1 aliphatic heterocycles. The Morgan fingerprint density at radius 2 is 1.90 bits per heavy atom. The van der Waals surface area contributed by atoms with Crippen LogP contribution >= 0.6 is 0 Å². The summed E-state index contributed by atoms with van der Waals surface area (Å²) in [6.07, 6.45) is 3.10. The standard InChI is InChI=1S/C17H27NO2/c1-12(2)14-5-4-9-18(10-8-14)15-6-7-16(13(3)19)17(20)11-15/h6-7,11-14,19-20H,4-5,8-10H2,1-3H3. The van der Waals surface area contributed by atoms with Gasteiger partial charge < -0.3 is 15.1 Å². The number of nitrogens with zero attached hydrogens (tertiary/aromatic N) is 1. The molecule has 1 fully saturated rings. The molecule has 2 rings (SSSR count). The highest BCUT2D eigenvalue weighted by molar-refractivity contribution is 5.54. The summed E-state index contributed by atoms with van der Waals surface area (Å²) in [5.41, 5.74) is 1.67. The molecule has 20 heavy (non-hydrogen) atoms. The van der Waals surface area contributed by atoms with Crippen molar-refractivity contribution in [3.05, 3.63) is 23.8 Å². The summed E-state index contributed by atoms with van der Waals surface area (Å²) in [6, 6.07) is 5.63. The van der Waals surface area contributed by atoms with Crippen LogP contribution in [0.15, 0.2) is 18.2 Å². The molecule has 2 N–H and O–H groups in total. The van der Waals surface area contributed by atoms with Gasteiger partial charge in [0.05, 0.1) is 6.10 Å². The summed E-state index contributed by atoms with van der Waals surface area (Å²) < 4.78 is 0. The Bertz CT molecular complexity index is 443. The Morgan fingerprint density at radius 3 is 2.50 bits per heavy atom. The van der Waals surface area contributed by atoms with Crippen LogP contribution in [0.4, 0.5) is 5.69 Å². The number of phenols is 1. The molecular weight excluding hydrogens is 250 g/mol. The molecule has 2 atom stereocenters. The van der Waals surface area contributed by atoms with Gasteiger partial charge in [0.25, 0.3) is 0 Å². The minimum Gasteiger partial charge on any atom is -0.507 e. The first-order valence-corrected chi connectivity index (χ1v) is 7.75. The van der Waals surface area contributed by atoms with Gasteiger partial charge in [-0.05, 0) is 44.1 Å². The van der Waals surface area contributed by atoms with E-state index < -0.39 is 6.10 Å². The number of benzene rings is 1. The topological polar surface area (TPSA) is 43.7 Å². The van der Waals surface area contributed by atoms with E-state index in [2.05, 4.69) is 18.7 Å². The SMILES string of the molecule is CC(O)c1ccc(N2CCCC(C(C)C)CC2)cc1O. The van der Waals surface area contributed by atoms with Crippen molar-refractivity contribution in [2.45, 2.75) is 46.1 Å². The number of hydrogen-bond acceptors (Lipinski definition) is 3. The van der Waals surface area contributed by atoms with Crippen LogP contribution in [0.1, 0.15) is 51.7 Å². The van der Waals surface area contributed by atoms with Crippen LogP contribution < -0.4 is 4.90 Å². The molecule has 0 aliphatic carbocycles. The second-order valence-corrected chi connectivity index (χ2v) is 6.34. The van der Waals surface area contributed by atoms with Crippen LogP contribution in [-0.2, 0) is 0 Å². The van der Waals surface area contributed by atoms with Gasteiger partial charge in [0.2, 0.25) is 0 Å². The number of anilines is 1. The van der Waals surface area contributed by atoms with E-state index in [1.54, 1.807) is 13.0 Å². The normalized spacial score (nSPS) is 21.9. The third-order valence-corrected chi connectivity index (χ3v) is 4.54. The summed E-state index contributed by atoms with van der Waals surface area (Å²) in [7, 11) is 0. The summed E-state index contributed by atoms with van der Waals surface area (Å²) in [5, 5.41) is 19.6. The minimum atomic E-state index is -0.626. The van der Waals surface area contributed by atoms with E-state index in [1.165, 1.54) is 19.3 Å². The first-order chi connectivity index (χ1) is 9.49. The maximum Gasteiger partial charge on any atom is 0.123 e. The van der Waals surface area contributed by atoms with Gasteiger partial charge in [-0.2, -0.15) is 0 Å². The Morgan fingerprint density at radius 1 is 1.15 bits per heavy atom. The number of phenolic OH excluding ortho intramolecular Hbond substituents is 1. The number of aliphatic hydroxyl groups excluding tert-OH is 1. The molecule has 3 nitrogen and oxygen atoms in total. The highest BCUT2D eigenvalue weighted by Gasteiger charge is 2.20. The molecule has 0 radical (unpaired) electrons. The predicted molar refractivity (Wildman–Crippen MR) is 83.1 cm³/mol. The van der Waals surface area contributed by atoms with Crippen LogP contribution in [-0.4, -0.2) is 23.3 Å². The van der Waals surface area contributed by atoms with Crippen molar-refractivity contribution in [2.24, 2.45) is 11.8 Å². The zero-order valence-electron chi connectivity index (χ0n) is 12.8. The number of rotatable bonds is 3. The van der Waals surface area contributed by atoms with Crippen LogP contribution in [0.25, 0.3) is 0 Å². The van der Waals surface area contributed by atoms with E-state index >= 15 is 0 Å². The van der Waals surface area contributed by atoms with Gasteiger partial charge in [-0.15, -0.1) is 0 Å². The van der Waals surface area contributed by atoms with E-state index in [4.69, 9.17) is 0 Å².